The first-order valence-corrected chi connectivity index (χ1v) is 10.6. The summed E-state index contributed by atoms with van der Waals surface area (Å²) in [7, 11) is 0. The van der Waals surface area contributed by atoms with Gasteiger partial charge < -0.3 is 4.90 Å². The maximum absolute atomic E-state index is 12.5. The van der Waals surface area contributed by atoms with E-state index in [0.717, 1.165) is 20.4 Å². The van der Waals surface area contributed by atoms with Gasteiger partial charge in [-0.3, -0.25) is 4.79 Å². The molecule has 1 heterocycles. The van der Waals surface area contributed by atoms with Crippen LogP contribution in [0.5, 0.6) is 0 Å². The molecule has 0 atom stereocenters. The molecule has 1 saturated heterocycles. The van der Waals surface area contributed by atoms with E-state index >= 15 is 0 Å². The fourth-order valence-corrected chi connectivity index (χ4v) is 4.65. The zero-order valence-electron chi connectivity index (χ0n) is 15.4. The lowest BCUT2D eigenvalue weighted by Crippen LogP contribution is -2.50. The number of nitriles is 1. The van der Waals surface area contributed by atoms with E-state index in [1.54, 1.807) is 11.8 Å². The molecule has 2 aromatic carbocycles. The number of piperazine rings is 1. The van der Waals surface area contributed by atoms with Gasteiger partial charge in [0.2, 0.25) is 0 Å². The first-order valence-electron chi connectivity index (χ1n) is 8.86. The number of carbonyl (C=O) groups excluding carboxylic acids is 1. The van der Waals surface area contributed by atoms with Crippen molar-refractivity contribution in [2.45, 2.75) is 21.7 Å². The standard InChI is InChI=1S/C20H18F3N3OS2/c21-20(22,23)19(27)25-8-10-26(11-9-25)29-18-7-6-17(12-16(18)13-24)28-14-15-4-2-1-3-5-15/h1-7,12H,8-11,14H2. The predicted molar refractivity (Wildman–Crippen MR) is 107 cm³/mol. The Morgan fingerprint density at radius 1 is 1.07 bits per heavy atom. The second kappa shape index (κ2) is 9.57. The highest BCUT2D eigenvalue weighted by Gasteiger charge is 2.43. The highest BCUT2D eigenvalue weighted by molar-refractivity contribution is 7.98. The SMILES string of the molecule is N#Cc1cc(SCc2ccccc2)ccc1SN1CCN(C(=O)C(F)(F)F)CC1. The summed E-state index contributed by atoms with van der Waals surface area (Å²) in [5.74, 6) is -0.993. The summed E-state index contributed by atoms with van der Waals surface area (Å²) in [6.45, 7) is 0.639. The van der Waals surface area contributed by atoms with Gasteiger partial charge in [-0.2, -0.15) is 18.4 Å². The molecule has 1 amide bonds. The van der Waals surface area contributed by atoms with Gasteiger partial charge in [-0.25, -0.2) is 4.31 Å². The van der Waals surface area contributed by atoms with Crippen LogP contribution in [0.2, 0.25) is 0 Å². The number of hydrogen-bond acceptors (Lipinski definition) is 5. The van der Waals surface area contributed by atoms with Gasteiger partial charge in [0.15, 0.2) is 0 Å². The molecule has 0 bridgehead atoms. The maximum atomic E-state index is 12.5. The van der Waals surface area contributed by atoms with Crippen LogP contribution in [0.3, 0.4) is 0 Å². The van der Waals surface area contributed by atoms with Gasteiger partial charge in [0.05, 0.1) is 5.56 Å². The lowest BCUT2D eigenvalue weighted by atomic mass is 10.2. The fourth-order valence-electron chi connectivity index (χ4n) is 2.81. The number of thioether (sulfide) groups is 1. The molecule has 0 unspecified atom stereocenters. The minimum Gasteiger partial charge on any atom is -0.332 e. The van der Waals surface area contributed by atoms with Crippen molar-refractivity contribution in [2.24, 2.45) is 0 Å². The predicted octanol–water partition coefficient (Wildman–Crippen LogP) is 4.56. The summed E-state index contributed by atoms with van der Waals surface area (Å²) in [5, 5.41) is 9.49. The average molecular weight is 438 g/mol. The first-order chi connectivity index (χ1) is 13.9. The van der Waals surface area contributed by atoms with Crippen molar-refractivity contribution in [1.29, 1.82) is 5.26 Å². The van der Waals surface area contributed by atoms with E-state index in [4.69, 9.17) is 0 Å². The Hall–Kier alpha value is -2.15. The van der Waals surface area contributed by atoms with Crippen molar-refractivity contribution in [3.8, 4) is 6.07 Å². The number of hydrogen-bond donors (Lipinski definition) is 0. The molecule has 0 saturated carbocycles. The molecule has 1 aliphatic rings. The molecule has 29 heavy (non-hydrogen) atoms. The van der Waals surface area contributed by atoms with Crippen LogP contribution < -0.4 is 0 Å². The van der Waals surface area contributed by atoms with Crippen LogP contribution in [0, 0.1) is 11.3 Å². The Kier molecular flexibility index (Phi) is 7.11. The number of carbonyl (C=O) groups is 1. The highest BCUT2D eigenvalue weighted by atomic mass is 32.2. The summed E-state index contributed by atoms with van der Waals surface area (Å²) >= 11 is 2.98. The van der Waals surface area contributed by atoms with Gasteiger partial charge in [-0.1, -0.05) is 30.3 Å². The molecule has 0 aliphatic carbocycles. The zero-order chi connectivity index (χ0) is 20.9. The number of amides is 1. The van der Waals surface area contributed by atoms with Crippen molar-refractivity contribution < 1.29 is 18.0 Å². The van der Waals surface area contributed by atoms with Crippen LogP contribution in [0.1, 0.15) is 11.1 Å². The second-order valence-corrected chi connectivity index (χ2v) is 8.54. The van der Waals surface area contributed by atoms with Crippen LogP contribution in [0.15, 0.2) is 58.3 Å². The first kappa shape index (κ1) is 21.6. The summed E-state index contributed by atoms with van der Waals surface area (Å²) < 4.78 is 39.5. The lowest BCUT2D eigenvalue weighted by molar-refractivity contribution is -0.186. The molecule has 152 valence electrons. The molecule has 0 N–H and O–H groups in total. The van der Waals surface area contributed by atoms with Crippen LogP contribution in [0.25, 0.3) is 0 Å². The van der Waals surface area contributed by atoms with E-state index in [1.807, 2.05) is 52.8 Å². The van der Waals surface area contributed by atoms with E-state index in [1.165, 1.54) is 17.5 Å². The Morgan fingerprint density at radius 3 is 2.38 bits per heavy atom. The molecule has 0 aromatic heterocycles. The third-order valence-electron chi connectivity index (χ3n) is 4.32. The van der Waals surface area contributed by atoms with Gasteiger partial charge in [0, 0.05) is 41.7 Å². The van der Waals surface area contributed by atoms with Crippen molar-refractivity contribution in [1.82, 2.24) is 9.21 Å². The highest BCUT2D eigenvalue weighted by Crippen LogP contribution is 2.32. The van der Waals surface area contributed by atoms with Gasteiger partial charge >= 0.3 is 12.1 Å². The Bertz CT molecular complexity index is 892. The van der Waals surface area contributed by atoms with Crippen LogP contribution >= 0.6 is 23.7 Å². The van der Waals surface area contributed by atoms with Gasteiger partial charge in [0.25, 0.3) is 0 Å². The molecule has 2 aromatic rings. The molecular weight excluding hydrogens is 419 g/mol. The number of benzene rings is 2. The second-order valence-electron chi connectivity index (χ2n) is 6.35. The molecule has 1 fully saturated rings. The minimum absolute atomic E-state index is 0.0121. The summed E-state index contributed by atoms with van der Waals surface area (Å²) in [5.41, 5.74) is 1.72. The Balaban J connectivity index is 1.57. The number of halogens is 3. The van der Waals surface area contributed by atoms with Crippen molar-refractivity contribution in [2.75, 3.05) is 26.2 Å². The smallest absolute Gasteiger partial charge is 0.332 e. The Morgan fingerprint density at radius 2 is 1.76 bits per heavy atom. The van der Waals surface area contributed by atoms with Crippen molar-refractivity contribution in [3.05, 3.63) is 59.7 Å². The number of alkyl halides is 3. The van der Waals surface area contributed by atoms with E-state index in [-0.39, 0.29) is 13.1 Å². The fraction of sp³-hybridized carbons (Fsp3) is 0.300. The lowest BCUT2D eigenvalue weighted by Gasteiger charge is -2.34. The summed E-state index contributed by atoms with van der Waals surface area (Å²) in [6.07, 6.45) is -4.84. The summed E-state index contributed by atoms with van der Waals surface area (Å²) in [4.78, 5) is 13.9. The van der Waals surface area contributed by atoms with Crippen LogP contribution in [0.4, 0.5) is 13.2 Å². The summed E-state index contributed by atoms with van der Waals surface area (Å²) in [6, 6.07) is 17.9. The normalized spacial score (nSPS) is 15.2. The zero-order valence-corrected chi connectivity index (χ0v) is 17.0. The van der Waals surface area contributed by atoms with Gasteiger partial charge in [-0.05, 0) is 35.7 Å². The van der Waals surface area contributed by atoms with E-state index < -0.39 is 12.1 Å². The van der Waals surface area contributed by atoms with Crippen molar-refractivity contribution in [3.63, 3.8) is 0 Å². The van der Waals surface area contributed by atoms with Crippen LogP contribution in [-0.4, -0.2) is 47.5 Å². The van der Waals surface area contributed by atoms with Crippen molar-refractivity contribution >= 4 is 29.6 Å². The molecular formula is C20H18F3N3OS2. The van der Waals surface area contributed by atoms with E-state index in [9.17, 15) is 23.2 Å². The molecule has 4 nitrogen and oxygen atoms in total. The van der Waals surface area contributed by atoms with Gasteiger partial charge in [0.1, 0.15) is 6.07 Å². The van der Waals surface area contributed by atoms with E-state index in [2.05, 4.69) is 6.07 Å². The quantitative estimate of drug-likeness (QED) is 0.507. The third-order valence-corrected chi connectivity index (χ3v) is 6.56. The van der Waals surface area contributed by atoms with Gasteiger partial charge in [-0.15, -0.1) is 11.8 Å². The number of nitrogens with zero attached hydrogens (tertiary/aromatic N) is 3. The molecule has 9 heteroatoms. The molecule has 0 radical (unpaired) electrons. The maximum Gasteiger partial charge on any atom is 0.471 e. The minimum atomic E-state index is -4.84. The topological polar surface area (TPSA) is 47.3 Å². The van der Waals surface area contributed by atoms with E-state index in [0.29, 0.717) is 18.7 Å². The molecule has 0 spiro atoms. The van der Waals surface area contributed by atoms with Crippen LogP contribution in [-0.2, 0) is 10.5 Å². The third kappa shape index (κ3) is 5.92. The largest absolute Gasteiger partial charge is 0.471 e. The average Bonchev–Trinajstić information content (AvgIpc) is 2.73. The monoisotopic (exact) mass is 437 g/mol. The Labute approximate surface area is 175 Å². The number of rotatable bonds is 5. The molecule has 3 rings (SSSR count). The molecule has 1 aliphatic heterocycles.